The molecule has 1 aliphatic heterocycles. The number of allylic oxidation sites excluding steroid dienone is 1. The minimum Gasteiger partial charge on any atom is -0.305 e. The van der Waals surface area contributed by atoms with E-state index >= 15 is 0 Å². The number of carbonyl (C=O) groups is 1. The van der Waals surface area contributed by atoms with E-state index in [9.17, 15) is 26.4 Å². The molecule has 1 aromatic rings. The maximum Gasteiger partial charge on any atom is 0.391 e. The predicted octanol–water partition coefficient (Wildman–Crippen LogP) is 3.95. The summed E-state index contributed by atoms with van der Waals surface area (Å²) in [5.41, 5.74) is -0.0632. The van der Waals surface area contributed by atoms with E-state index in [1.807, 2.05) is 0 Å². The molecule has 0 bridgehead atoms. The number of amides is 1. The number of hydrogen-bond acceptors (Lipinski definition) is 4. The highest BCUT2D eigenvalue weighted by Crippen LogP contribution is 2.40. The molecule has 7 nitrogen and oxygen atoms in total. The summed E-state index contributed by atoms with van der Waals surface area (Å²) < 4.78 is 68.6. The van der Waals surface area contributed by atoms with Gasteiger partial charge in [0.15, 0.2) is 0 Å². The van der Waals surface area contributed by atoms with Crippen LogP contribution in [0.1, 0.15) is 32.6 Å². The lowest BCUT2D eigenvalue weighted by molar-refractivity contribution is -0.182. The van der Waals surface area contributed by atoms with Gasteiger partial charge in [-0.05, 0) is 50.8 Å². The molecule has 2 aliphatic rings. The van der Waals surface area contributed by atoms with Gasteiger partial charge in [0.05, 0.1) is 11.6 Å². The van der Waals surface area contributed by atoms with Crippen LogP contribution >= 0.6 is 11.6 Å². The molecule has 30 heavy (non-hydrogen) atoms. The maximum atomic E-state index is 12.9. The Balaban J connectivity index is 1.85. The Hall–Kier alpha value is -2.14. The van der Waals surface area contributed by atoms with Crippen LogP contribution in [0.2, 0.25) is 5.02 Å². The molecule has 1 aliphatic carbocycles. The van der Waals surface area contributed by atoms with Crippen molar-refractivity contribution < 1.29 is 26.4 Å². The summed E-state index contributed by atoms with van der Waals surface area (Å²) in [6.07, 6.45) is -1.47. The summed E-state index contributed by atoms with van der Waals surface area (Å²) in [6.45, 7) is 1.51. The van der Waals surface area contributed by atoms with Gasteiger partial charge in [-0.1, -0.05) is 11.6 Å². The van der Waals surface area contributed by atoms with Crippen LogP contribution < -0.4 is 5.32 Å². The fourth-order valence-electron chi connectivity index (χ4n) is 3.62. The van der Waals surface area contributed by atoms with Gasteiger partial charge in [0, 0.05) is 23.7 Å². The molecule has 12 heteroatoms. The lowest BCUT2D eigenvalue weighted by atomic mass is 9.79. The number of aromatic nitrogens is 1. The number of pyridine rings is 1. The molecule has 1 N–H and O–H groups in total. The number of likely N-dealkylation sites (N-methyl/N-ethyl adjacent to an activating group) is 1. The quantitative estimate of drug-likeness (QED) is 0.730. The molecule has 0 unspecified atom stereocenters. The molecular weight excluding hydrogens is 445 g/mol. The third-order valence-corrected chi connectivity index (χ3v) is 6.83. The molecule has 164 valence electrons. The van der Waals surface area contributed by atoms with Crippen LogP contribution in [0.25, 0.3) is 0 Å². The number of nitrogens with one attached hydrogen (secondary N) is 1. The SMILES string of the molecule is CCN1C(C(=O)Nc2cc(Cl)ccn2)=CC(C2CCC(C(F)(F)F)CC2)=NS1(=O)=O. The lowest BCUT2D eigenvalue weighted by Gasteiger charge is -2.32. The molecule has 2 heterocycles. The minimum atomic E-state index is -4.27. The van der Waals surface area contributed by atoms with Crippen LogP contribution in [-0.2, 0) is 15.0 Å². The van der Waals surface area contributed by atoms with Gasteiger partial charge in [0.2, 0.25) is 0 Å². The number of nitrogens with zero attached hydrogens (tertiary/aromatic N) is 3. The number of anilines is 1. The smallest absolute Gasteiger partial charge is 0.305 e. The van der Waals surface area contributed by atoms with Crippen molar-refractivity contribution in [3.05, 3.63) is 35.1 Å². The van der Waals surface area contributed by atoms with Crippen LogP contribution in [0, 0.1) is 11.8 Å². The highest BCUT2D eigenvalue weighted by Gasteiger charge is 2.43. The van der Waals surface area contributed by atoms with Gasteiger partial charge in [0.25, 0.3) is 5.91 Å². The van der Waals surface area contributed by atoms with E-state index in [1.54, 1.807) is 6.92 Å². The Bertz CT molecular complexity index is 987. The van der Waals surface area contributed by atoms with Gasteiger partial charge in [-0.2, -0.15) is 21.6 Å². The standard InChI is InChI=1S/C18H20ClF3N4O3S/c1-2-26-15(17(27)24-16-9-13(19)7-8-23-16)10-14(25-30(26,28)29)11-3-5-12(6-4-11)18(20,21)22/h7-12H,2-6H2,1H3,(H,23,24,27). The maximum absolute atomic E-state index is 12.9. The largest absolute Gasteiger partial charge is 0.391 e. The van der Waals surface area contributed by atoms with Gasteiger partial charge >= 0.3 is 16.4 Å². The number of hydrogen-bond donors (Lipinski definition) is 1. The molecule has 1 fully saturated rings. The Morgan fingerprint density at radius 2 is 1.97 bits per heavy atom. The third kappa shape index (κ3) is 4.94. The summed E-state index contributed by atoms with van der Waals surface area (Å²) in [5.74, 6) is -2.46. The van der Waals surface area contributed by atoms with Crippen LogP contribution in [0.15, 0.2) is 34.5 Å². The van der Waals surface area contributed by atoms with Gasteiger partial charge in [-0.15, -0.1) is 4.40 Å². The Kier molecular flexibility index (Phi) is 6.42. The lowest BCUT2D eigenvalue weighted by Crippen LogP contribution is -2.40. The van der Waals surface area contributed by atoms with E-state index in [4.69, 9.17) is 11.6 Å². The van der Waals surface area contributed by atoms with Crippen molar-refractivity contribution >= 4 is 39.2 Å². The normalized spacial score (nSPS) is 24.1. The molecule has 0 spiro atoms. The monoisotopic (exact) mass is 464 g/mol. The fraction of sp³-hybridized carbons (Fsp3) is 0.500. The Morgan fingerprint density at radius 1 is 1.30 bits per heavy atom. The van der Waals surface area contributed by atoms with Crippen LogP contribution in [0.3, 0.4) is 0 Å². The molecule has 0 radical (unpaired) electrons. The number of halogens is 4. The molecule has 1 amide bonds. The highest BCUT2D eigenvalue weighted by atomic mass is 35.5. The van der Waals surface area contributed by atoms with Gasteiger partial charge < -0.3 is 5.32 Å². The molecule has 1 saturated carbocycles. The first-order valence-electron chi connectivity index (χ1n) is 9.35. The Labute approximate surface area is 177 Å². The second kappa shape index (κ2) is 8.54. The average molecular weight is 465 g/mol. The predicted molar refractivity (Wildman–Crippen MR) is 106 cm³/mol. The zero-order valence-electron chi connectivity index (χ0n) is 16.0. The summed E-state index contributed by atoms with van der Waals surface area (Å²) in [6, 6.07) is 2.92. The van der Waals surface area contributed by atoms with Crippen molar-refractivity contribution in [1.29, 1.82) is 0 Å². The van der Waals surface area contributed by atoms with Gasteiger partial charge in [0.1, 0.15) is 11.5 Å². The summed E-state index contributed by atoms with van der Waals surface area (Å²) in [7, 11) is -4.19. The van der Waals surface area contributed by atoms with E-state index in [1.165, 1.54) is 24.4 Å². The number of carbonyl (C=O) groups excluding carboxylic acids is 1. The van der Waals surface area contributed by atoms with Gasteiger partial charge in [-0.3, -0.25) is 4.79 Å². The van der Waals surface area contributed by atoms with Crippen molar-refractivity contribution in [3.63, 3.8) is 0 Å². The summed E-state index contributed by atoms with van der Waals surface area (Å²) in [5, 5.41) is 2.83. The second-order valence-electron chi connectivity index (χ2n) is 7.09. The van der Waals surface area contributed by atoms with Crippen molar-refractivity contribution in [2.45, 2.75) is 38.8 Å². The topological polar surface area (TPSA) is 91.7 Å². The fourth-order valence-corrected chi connectivity index (χ4v) is 5.06. The van der Waals surface area contributed by atoms with E-state index in [-0.39, 0.29) is 49.5 Å². The zero-order valence-corrected chi connectivity index (χ0v) is 17.6. The molecular formula is C18H20ClF3N4O3S. The third-order valence-electron chi connectivity index (χ3n) is 5.14. The first-order valence-corrected chi connectivity index (χ1v) is 11.1. The minimum absolute atomic E-state index is 0.0395. The molecule has 0 atom stereocenters. The van der Waals surface area contributed by atoms with Crippen LogP contribution in [0.4, 0.5) is 19.0 Å². The van der Waals surface area contributed by atoms with E-state index in [0.717, 1.165) is 4.31 Å². The van der Waals surface area contributed by atoms with Crippen molar-refractivity contribution in [2.24, 2.45) is 16.2 Å². The van der Waals surface area contributed by atoms with E-state index in [0.29, 0.717) is 5.02 Å². The van der Waals surface area contributed by atoms with E-state index < -0.39 is 34.1 Å². The van der Waals surface area contributed by atoms with Crippen LogP contribution in [0.5, 0.6) is 0 Å². The van der Waals surface area contributed by atoms with E-state index in [2.05, 4.69) is 14.7 Å². The number of alkyl halides is 3. The van der Waals surface area contributed by atoms with Crippen molar-refractivity contribution in [1.82, 2.24) is 9.29 Å². The molecule has 3 rings (SSSR count). The van der Waals surface area contributed by atoms with Crippen LogP contribution in [-0.4, -0.2) is 42.0 Å². The average Bonchev–Trinajstić information content (AvgIpc) is 2.66. The number of rotatable bonds is 4. The highest BCUT2D eigenvalue weighted by molar-refractivity contribution is 7.88. The van der Waals surface area contributed by atoms with Gasteiger partial charge in [-0.25, -0.2) is 9.29 Å². The Morgan fingerprint density at radius 3 is 2.53 bits per heavy atom. The molecule has 0 saturated heterocycles. The zero-order chi connectivity index (χ0) is 22.1. The second-order valence-corrected chi connectivity index (χ2v) is 9.05. The molecule has 1 aromatic heterocycles. The van der Waals surface area contributed by atoms with Crippen molar-refractivity contribution in [2.75, 3.05) is 11.9 Å². The van der Waals surface area contributed by atoms with Crippen molar-refractivity contribution in [3.8, 4) is 0 Å². The summed E-state index contributed by atoms with van der Waals surface area (Å²) >= 11 is 5.87. The summed E-state index contributed by atoms with van der Waals surface area (Å²) in [4.78, 5) is 16.7. The first-order chi connectivity index (χ1) is 14.0. The first kappa shape index (κ1) is 22.5. The molecule has 0 aromatic carbocycles.